The van der Waals surface area contributed by atoms with Gasteiger partial charge in [-0.05, 0) is 40.0 Å². The first-order valence-corrected chi connectivity index (χ1v) is 24.5. The van der Waals surface area contributed by atoms with Gasteiger partial charge in [-0.3, -0.25) is 52.7 Å². The largest absolute Gasteiger partial charge is 0.481 e. The van der Waals surface area contributed by atoms with E-state index >= 15 is 0 Å². The van der Waals surface area contributed by atoms with Crippen LogP contribution in [0.25, 0.3) is 0 Å². The van der Waals surface area contributed by atoms with Crippen LogP contribution in [0.3, 0.4) is 0 Å². The molecule has 0 aromatic rings. The zero-order chi connectivity index (χ0) is 60.0. The molecular formula is C44H72N10O25. The lowest BCUT2D eigenvalue weighted by molar-refractivity contribution is -0.333. The number of aliphatic carboxylic acids is 3. The van der Waals surface area contributed by atoms with Gasteiger partial charge in [-0.1, -0.05) is 0 Å². The van der Waals surface area contributed by atoms with E-state index in [-0.39, 0.29) is 19.4 Å². The Kier molecular flexibility index (Phi) is 28.5. The number of nitrogens with two attached hydrogens (primary N) is 1. The summed E-state index contributed by atoms with van der Waals surface area (Å²) in [5, 5.41) is 110. The van der Waals surface area contributed by atoms with Gasteiger partial charge in [0.25, 0.3) is 0 Å². The molecule has 9 amide bonds. The Morgan fingerprint density at radius 3 is 1.73 bits per heavy atom. The first-order valence-electron chi connectivity index (χ1n) is 24.5. The average Bonchev–Trinajstić information content (AvgIpc) is 3.38. The number of aliphatic hydroxyl groups excluding tert-OH is 6. The SMILES string of the molecule is CC(=O)NC1C(OC2C(CO)OC(O)C(NC(C)=O)C2OC(C)C(=O)NC(C)C(=O)NC(CCC(=O)NC(CCCNC(=O)C(CO)NC(=O)C(N)CC(=O)O)C(=O)NC(C)C(=O)NCC(=O)O)C(=O)O)OC(CO)C(O)C1O. The number of nitrogens with one attached hydrogen (secondary N) is 9. The van der Waals surface area contributed by atoms with Crippen LogP contribution in [0.1, 0.15) is 66.7 Å². The summed E-state index contributed by atoms with van der Waals surface area (Å²) in [6.45, 7) is 1.78. The maximum Gasteiger partial charge on any atom is 0.326 e. The predicted octanol–water partition coefficient (Wildman–Crippen LogP) is -10.5. The third-order valence-corrected chi connectivity index (χ3v) is 11.8. The predicted molar refractivity (Wildman–Crippen MR) is 258 cm³/mol. The molecule has 2 rings (SSSR count). The van der Waals surface area contributed by atoms with Crippen molar-refractivity contribution in [3.8, 4) is 0 Å². The van der Waals surface area contributed by atoms with Crippen molar-refractivity contribution in [2.45, 2.75) is 170 Å². The molecule has 20 N–H and O–H groups in total. The van der Waals surface area contributed by atoms with Crippen molar-refractivity contribution in [2.75, 3.05) is 32.9 Å². The molecule has 0 aromatic carbocycles. The minimum absolute atomic E-state index is 0.127. The third kappa shape index (κ3) is 22.1. The molecule has 35 heteroatoms. The van der Waals surface area contributed by atoms with Crippen LogP contribution in [-0.4, -0.2) is 254 Å². The molecular weight excluding hydrogens is 1070 g/mol. The molecule has 2 aliphatic heterocycles. The van der Waals surface area contributed by atoms with Crippen LogP contribution >= 0.6 is 0 Å². The standard InChI is InChI=1S/C44H72N10O25/c1-16(36(67)47-12-29(63)64)49-41(72)22(7-6-10-46-40(71)24(13-55)54-39(70)21(45)11-28(61)62)52-27(60)9-8-23(42(73)74)53-37(68)17(2)48-38(69)18(3)76-35-31(51-20(5)59)43(75)77-26(15-57)34(35)79-44-30(50-19(4)58)33(66)32(65)25(14-56)78-44/h16-18,21-26,30-35,43-44,55-57,65-66,75H,6-15,45H2,1-5H3,(H,46,71)(H,47,67)(H,48,69)(H,49,72)(H,50,58)(H,51,59)(H,52,60)(H,53,68)(H,54,70)(H,61,62)(H,63,64)(H,73,74). The molecule has 448 valence electrons. The minimum Gasteiger partial charge on any atom is -0.481 e. The summed E-state index contributed by atoms with van der Waals surface area (Å²) in [7, 11) is 0. The van der Waals surface area contributed by atoms with Crippen molar-refractivity contribution in [1.82, 2.24) is 47.9 Å². The molecule has 79 heavy (non-hydrogen) atoms. The van der Waals surface area contributed by atoms with Gasteiger partial charge in [0.05, 0.1) is 32.3 Å². The molecule has 0 spiro atoms. The number of carbonyl (C=O) groups excluding carboxylic acids is 9. The van der Waals surface area contributed by atoms with E-state index in [1.165, 1.54) is 6.92 Å². The average molecular weight is 1140 g/mol. The van der Waals surface area contributed by atoms with Crippen LogP contribution < -0.4 is 53.6 Å². The molecule has 0 aromatic heterocycles. The Hall–Kier alpha value is -6.80. The Bertz CT molecular complexity index is 2160. The summed E-state index contributed by atoms with van der Waals surface area (Å²) >= 11 is 0. The summed E-state index contributed by atoms with van der Waals surface area (Å²) < 4.78 is 23.1. The molecule has 0 aliphatic carbocycles. The molecule has 0 radical (unpaired) electrons. The van der Waals surface area contributed by atoms with Crippen molar-refractivity contribution in [2.24, 2.45) is 5.73 Å². The van der Waals surface area contributed by atoms with Crippen molar-refractivity contribution in [3.05, 3.63) is 0 Å². The number of carbonyl (C=O) groups is 12. The number of aliphatic hydroxyl groups is 6. The van der Waals surface area contributed by atoms with E-state index in [0.29, 0.717) is 0 Å². The first-order chi connectivity index (χ1) is 36.9. The van der Waals surface area contributed by atoms with Crippen LogP contribution in [0.2, 0.25) is 0 Å². The highest BCUT2D eigenvalue weighted by molar-refractivity contribution is 5.94. The van der Waals surface area contributed by atoms with Gasteiger partial charge in [-0.2, -0.15) is 0 Å². The van der Waals surface area contributed by atoms with Crippen molar-refractivity contribution < 1.29 is 122 Å². The molecule has 2 aliphatic rings. The second-order valence-corrected chi connectivity index (χ2v) is 18.3. The number of hydrogen-bond acceptors (Lipinski definition) is 23. The van der Waals surface area contributed by atoms with Crippen molar-refractivity contribution >= 4 is 71.1 Å². The van der Waals surface area contributed by atoms with Gasteiger partial charge in [0.1, 0.15) is 91.6 Å². The number of ether oxygens (including phenoxy) is 4. The lowest BCUT2D eigenvalue weighted by Crippen LogP contribution is -2.70. The van der Waals surface area contributed by atoms with Gasteiger partial charge in [-0.25, -0.2) is 4.79 Å². The number of carboxylic acids is 3. The highest BCUT2D eigenvalue weighted by Gasteiger charge is 2.53. The quantitative estimate of drug-likeness (QED) is 0.0278. The summed E-state index contributed by atoms with van der Waals surface area (Å²) in [6, 6.07) is -12.5. The molecule has 35 nitrogen and oxygen atoms in total. The summed E-state index contributed by atoms with van der Waals surface area (Å²) in [6.07, 6.45) is -17.8. The first kappa shape index (κ1) is 68.3. The fraction of sp³-hybridized carbons (Fsp3) is 0.727. The second kappa shape index (κ2) is 32.9. The van der Waals surface area contributed by atoms with Crippen LogP contribution in [0.4, 0.5) is 0 Å². The lowest BCUT2D eigenvalue weighted by atomic mass is 9.94. The minimum atomic E-state index is -1.94. The molecule has 17 atom stereocenters. The molecule has 2 fully saturated rings. The molecule has 2 heterocycles. The highest BCUT2D eigenvalue weighted by atomic mass is 16.7. The Morgan fingerprint density at radius 1 is 0.595 bits per heavy atom. The maximum absolute atomic E-state index is 13.6. The van der Waals surface area contributed by atoms with Crippen LogP contribution in [0.15, 0.2) is 0 Å². The Morgan fingerprint density at radius 2 is 1.18 bits per heavy atom. The summed E-state index contributed by atoms with van der Waals surface area (Å²) in [4.78, 5) is 149. The molecule has 17 unspecified atom stereocenters. The molecule has 0 saturated carbocycles. The second-order valence-electron chi connectivity index (χ2n) is 18.3. The fourth-order valence-corrected chi connectivity index (χ4v) is 7.67. The van der Waals surface area contributed by atoms with E-state index in [1.807, 2.05) is 5.32 Å². The number of amides is 9. The van der Waals surface area contributed by atoms with Gasteiger partial charge >= 0.3 is 17.9 Å². The van der Waals surface area contributed by atoms with Crippen molar-refractivity contribution in [3.63, 3.8) is 0 Å². The van der Waals surface area contributed by atoms with E-state index in [4.69, 9.17) is 34.9 Å². The van der Waals surface area contributed by atoms with Gasteiger partial charge in [-0.15, -0.1) is 0 Å². The molecule has 0 bridgehead atoms. The summed E-state index contributed by atoms with van der Waals surface area (Å²) in [5.74, 6) is -13.1. The van der Waals surface area contributed by atoms with E-state index in [1.54, 1.807) is 0 Å². The Labute approximate surface area is 449 Å². The van der Waals surface area contributed by atoms with E-state index in [2.05, 4.69) is 42.5 Å². The lowest BCUT2D eigenvalue weighted by Gasteiger charge is -2.48. The van der Waals surface area contributed by atoms with Gasteiger partial charge in [0, 0.05) is 26.8 Å². The van der Waals surface area contributed by atoms with E-state index in [0.717, 1.165) is 27.7 Å². The van der Waals surface area contributed by atoms with Crippen molar-refractivity contribution in [1.29, 1.82) is 0 Å². The normalized spacial score (nSPS) is 25.4. The topological polar surface area (TPSA) is 558 Å². The molecule has 2 saturated heterocycles. The van der Waals surface area contributed by atoms with E-state index in [9.17, 15) is 93.3 Å². The zero-order valence-electron chi connectivity index (χ0n) is 43.5. The van der Waals surface area contributed by atoms with Crippen LogP contribution in [0, 0.1) is 0 Å². The van der Waals surface area contributed by atoms with Crippen LogP contribution in [-0.2, 0) is 76.5 Å². The number of hydrogen-bond donors (Lipinski definition) is 19. The summed E-state index contributed by atoms with van der Waals surface area (Å²) in [5.41, 5.74) is 5.49. The van der Waals surface area contributed by atoms with E-state index < -0.39 is 220 Å². The van der Waals surface area contributed by atoms with Gasteiger partial charge in [0.2, 0.25) is 53.2 Å². The number of carboxylic acid groups (broad SMARTS) is 3. The van der Waals surface area contributed by atoms with Gasteiger partial charge < -0.3 is 118 Å². The smallest absolute Gasteiger partial charge is 0.326 e. The van der Waals surface area contributed by atoms with Gasteiger partial charge in [0.15, 0.2) is 12.6 Å². The number of rotatable bonds is 32. The third-order valence-electron chi connectivity index (χ3n) is 11.8. The zero-order valence-corrected chi connectivity index (χ0v) is 43.5. The van der Waals surface area contributed by atoms with Crippen LogP contribution in [0.5, 0.6) is 0 Å². The maximum atomic E-state index is 13.6. The highest BCUT2D eigenvalue weighted by Crippen LogP contribution is 2.31. The fourth-order valence-electron chi connectivity index (χ4n) is 7.67. The monoisotopic (exact) mass is 1140 g/mol. The Balaban J connectivity index is 2.21.